The number of carbonyl (C=O) groups excluding carboxylic acids is 2. The second-order valence-electron chi connectivity index (χ2n) is 7.01. The first-order chi connectivity index (χ1) is 10.0. The highest BCUT2D eigenvalue weighted by Gasteiger charge is 2.63. The molecule has 4 rings (SSSR count). The number of hydrogen-bond donors (Lipinski definition) is 1. The van der Waals surface area contributed by atoms with Crippen LogP contribution in [0.4, 0.5) is 0 Å². The molecule has 5 heteroatoms. The van der Waals surface area contributed by atoms with Crippen LogP contribution in [0.5, 0.6) is 0 Å². The van der Waals surface area contributed by atoms with Gasteiger partial charge in [0.1, 0.15) is 0 Å². The second kappa shape index (κ2) is 4.18. The van der Waals surface area contributed by atoms with Gasteiger partial charge in [-0.05, 0) is 31.1 Å². The van der Waals surface area contributed by atoms with E-state index in [4.69, 9.17) is 0 Å². The van der Waals surface area contributed by atoms with Crippen molar-refractivity contribution < 1.29 is 19.5 Å². The Kier molecular flexibility index (Phi) is 2.60. The Bertz CT molecular complexity index is 531. The zero-order valence-electron chi connectivity index (χ0n) is 11.8. The molecule has 0 spiro atoms. The SMILES string of the molecule is O=C(O)CC1(N2C(=O)C3C4C=CC(C4)C3C2=O)CCCC1. The fraction of sp³-hybridized carbons (Fsp3) is 0.688. The van der Waals surface area contributed by atoms with E-state index in [1.807, 2.05) is 0 Å². The fourth-order valence-electron chi connectivity index (χ4n) is 5.16. The summed E-state index contributed by atoms with van der Waals surface area (Å²) in [5, 5.41) is 9.23. The van der Waals surface area contributed by atoms with Crippen LogP contribution < -0.4 is 0 Å². The minimum Gasteiger partial charge on any atom is -0.481 e. The third-order valence-electron chi connectivity index (χ3n) is 5.96. The Morgan fingerprint density at radius 1 is 1.14 bits per heavy atom. The summed E-state index contributed by atoms with van der Waals surface area (Å²) >= 11 is 0. The van der Waals surface area contributed by atoms with Crippen molar-refractivity contribution in [3.63, 3.8) is 0 Å². The summed E-state index contributed by atoms with van der Waals surface area (Å²) in [7, 11) is 0. The van der Waals surface area contributed by atoms with Crippen molar-refractivity contribution in [1.29, 1.82) is 0 Å². The van der Waals surface area contributed by atoms with Crippen LogP contribution in [0.2, 0.25) is 0 Å². The minimum atomic E-state index is -0.921. The quantitative estimate of drug-likeness (QED) is 0.632. The molecule has 1 aliphatic heterocycles. The van der Waals surface area contributed by atoms with E-state index < -0.39 is 11.5 Å². The lowest BCUT2D eigenvalue weighted by Crippen LogP contribution is -2.52. The molecule has 4 atom stereocenters. The van der Waals surface area contributed by atoms with Gasteiger partial charge >= 0.3 is 5.97 Å². The number of imide groups is 1. The van der Waals surface area contributed by atoms with Crippen LogP contribution in [0, 0.1) is 23.7 Å². The molecule has 0 aromatic carbocycles. The molecule has 1 heterocycles. The highest BCUT2D eigenvalue weighted by Crippen LogP contribution is 2.55. The molecule has 0 aromatic rings. The highest BCUT2D eigenvalue weighted by molar-refractivity contribution is 6.07. The molecule has 2 saturated carbocycles. The molecule has 1 N–H and O–H groups in total. The monoisotopic (exact) mass is 289 g/mol. The number of aliphatic carboxylic acids is 1. The molecule has 5 nitrogen and oxygen atoms in total. The van der Waals surface area contributed by atoms with Crippen LogP contribution in [-0.2, 0) is 14.4 Å². The summed E-state index contributed by atoms with van der Waals surface area (Å²) < 4.78 is 0. The molecule has 1 saturated heterocycles. The predicted octanol–water partition coefficient (Wildman–Crippen LogP) is 1.58. The van der Waals surface area contributed by atoms with Gasteiger partial charge in [0.2, 0.25) is 11.8 Å². The molecule has 21 heavy (non-hydrogen) atoms. The molecule has 2 amide bonds. The lowest BCUT2D eigenvalue weighted by Gasteiger charge is -2.37. The van der Waals surface area contributed by atoms with E-state index >= 15 is 0 Å². The minimum absolute atomic E-state index is 0.104. The number of allylic oxidation sites excluding steroid dienone is 2. The van der Waals surface area contributed by atoms with E-state index in [2.05, 4.69) is 12.2 Å². The number of carboxylic acids is 1. The zero-order valence-corrected chi connectivity index (χ0v) is 11.8. The van der Waals surface area contributed by atoms with Gasteiger partial charge in [0, 0.05) is 0 Å². The summed E-state index contributed by atoms with van der Waals surface area (Å²) in [5.74, 6) is -1.21. The number of hydrogen-bond acceptors (Lipinski definition) is 3. The Balaban J connectivity index is 1.71. The van der Waals surface area contributed by atoms with Crippen molar-refractivity contribution in [2.24, 2.45) is 23.7 Å². The Hall–Kier alpha value is -1.65. The molecule has 3 fully saturated rings. The van der Waals surface area contributed by atoms with Crippen molar-refractivity contribution >= 4 is 17.8 Å². The van der Waals surface area contributed by atoms with Crippen molar-refractivity contribution in [1.82, 2.24) is 4.90 Å². The summed E-state index contributed by atoms with van der Waals surface area (Å²) in [5.41, 5.74) is -0.760. The molecular formula is C16H19NO4. The highest BCUT2D eigenvalue weighted by atomic mass is 16.4. The first kappa shape index (κ1) is 13.0. The smallest absolute Gasteiger partial charge is 0.305 e. The van der Waals surface area contributed by atoms with Gasteiger partial charge in [-0.15, -0.1) is 0 Å². The van der Waals surface area contributed by atoms with E-state index in [0.29, 0.717) is 12.8 Å². The summed E-state index contributed by atoms with van der Waals surface area (Å²) in [4.78, 5) is 38.3. The van der Waals surface area contributed by atoms with Crippen LogP contribution in [0.3, 0.4) is 0 Å². The molecule has 3 aliphatic carbocycles. The summed E-state index contributed by atoms with van der Waals surface area (Å²) in [6.07, 6.45) is 8.00. The van der Waals surface area contributed by atoms with Crippen LogP contribution in [0.1, 0.15) is 38.5 Å². The standard InChI is InChI=1S/C16H19NO4/c18-11(19)8-16(5-1-2-6-16)17-14(20)12-9-3-4-10(7-9)13(12)15(17)21/h3-4,9-10,12-13H,1-2,5-8H2,(H,18,19). The number of fused-ring (bicyclic) bond motifs is 5. The largest absolute Gasteiger partial charge is 0.481 e. The Morgan fingerprint density at radius 2 is 1.67 bits per heavy atom. The first-order valence-corrected chi connectivity index (χ1v) is 7.81. The van der Waals surface area contributed by atoms with Crippen molar-refractivity contribution in [2.75, 3.05) is 0 Å². The van der Waals surface area contributed by atoms with Gasteiger partial charge in [-0.2, -0.15) is 0 Å². The van der Waals surface area contributed by atoms with Gasteiger partial charge in [0.25, 0.3) is 0 Å². The topological polar surface area (TPSA) is 74.7 Å². The Morgan fingerprint density at radius 3 is 2.14 bits per heavy atom. The van der Waals surface area contributed by atoms with Crippen molar-refractivity contribution in [3.05, 3.63) is 12.2 Å². The second-order valence-corrected chi connectivity index (χ2v) is 7.01. The van der Waals surface area contributed by atoms with Gasteiger partial charge in [-0.25, -0.2) is 0 Å². The van der Waals surface area contributed by atoms with Crippen LogP contribution >= 0.6 is 0 Å². The van der Waals surface area contributed by atoms with Crippen molar-refractivity contribution in [2.45, 2.75) is 44.1 Å². The summed E-state index contributed by atoms with van der Waals surface area (Å²) in [6, 6.07) is 0. The van der Waals surface area contributed by atoms with Gasteiger partial charge in [0.15, 0.2) is 0 Å². The average molecular weight is 289 g/mol. The molecule has 4 aliphatic rings. The molecule has 0 radical (unpaired) electrons. The molecule has 4 unspecified atom stereocenters. The van der Waals surface area contributed by atoms with Crippen LogP contribution in [0.15, 0.2) is 12.2 Å². The normalized spacial score (nSPS) is 39.3. The maximum Gasteiger partial charge on any atom is 0.305 e. The predicted molar refractivity (Wildman–Crippen MR) is 73.0 cm³/mol. The zero-order chi connectivity index (χ0) is 14.8. The maximum absolute atomic E-state index is 12.8. The molecule has 2 bridgehead atoms. The van der Waals surface area contributed by atoms with Crippen LogP contribution in [0.25, 0.3) is 0 Å². The summed E-state index contributed by atoms with van der Waals surface area (Å²) in [6.45, 7) is 0. The van der Waals surface area contributed by atoms with Gasteiger partial charge < -0.3 is 5.11 Å². The number of carbonyl (C=O) groups is 3. The fourth-order valence-corrected chi connectivity index (χ4v) is 5.16. The molecule has 112 valence electrons. The molecular weight excluding hydrogens is 270 g/mol. The number of amides is 2. The van der Waals surface area contributed by atoms with E-state index in [9.17, 15) is 19.5 Å². The lowest BCUT2D eigenvalue weighted by atomic mass is 9.85. The van der Waals surface area contributed by atoms with E-state index in [0.717, 1.165) is 19.3 Å². The van der Waals surface area contributed by atoms with E-state index in [-0.39, 0.29) is 41.9 Å². The Labute approximate surface area is 123 Å². The van der Waals surface area contributed by atoms with E-state index in [1.165, 1.54) is 4.90 Å². The average Bonchev–Trinajstić information content (AvgIpc) is 3.14. The van der Waals surface area contributed by atoms with Gasteiger partial charge in [-0.1, -0.05) is 25.0 Å². The molecule has 0 aromatic heterocycles. The van der Waals surface area contributed by atoms with Crippen molar-refractivity contribution in [3.8, 4) is 0 Å². The lowest BCUT2D eigenvalue weighted by molar-refractivity contribution is -0.151. The number of rotatable bonds is 3. The maximum atomic E-state index is 12.8. The first-order valence-electron chi connectivity index (χ1n) is 7.81. The third kappa shape index (κ3) is 1.60. The number of likely N-dealkylation sites (tertiary alicyclic amines) is 1. The number of nitrogens with zero attached hydrogens (tertiary/aromatic N) is 1. The third-order valence-corrected chi connectivity index (χ3v) is 5.96. The van der Waals surface area contributed by atoms with Gasteiger partial charge in [0.05, 0.1) is 23.8 Å². The van der Waals surface area contributed by atoms with E-state index in [1.54, 1.807) is 0 Å². The van der Waals surface area contributed by atoms with Crippen LogP contribution in [-0.4, -0.2) is 33.3 Å². The van der Waals surface area contributed by atoms with Gasteiger partial charge in [-0.3, -0.25) is 19.3 Å². The number of carboxylic acid groups (broad SMARTS) is 1.